The highest BCUT2D eigenvalue weighted by atomic mass is 16.1. The van der Waals surface area contributed by atoms with Crippen molar-refractivity contribution < 1.29 is 4.79 Å². The van der Waals surface area contributed by atoms with Crippen LogP contribution in [0.1, 0.15) is 38.2 Å². The second-order valence-corrected chi connectivity index (χ2v) is 4.00. The first-order valence-corrected chi connectivity index (χ1v) is 5.51. The number of amides is 1. The summed E-state index contributed by atoms with van der Waals surface area (Å²) < 4.78 is 0. The first kappa shape index (κ1) is 11.8. The van der Waals surface area contributed by atoms with Gasteiger partial charge in [-0.2, -0.15) is 0 Å². The smallest absolute Gasteiger partial charge is 0.220 e. The fourth-order valence-electron chi connectivity index (χ4n) is 1.91. The number of carbonyl (C=O) groups excluding carboxylic acids is 1. The van der Waals surface area contributed by atoms with E-state index in [1.807, 2.05) is 25.1 Å². The van der Waals surface area contributed by atoms with Crippen LogP contribution < -0.4 is 5.73 Å². The van der Waals surface area contributed by atoms with Crippen LogP contribution in [-0.2, 0) is 4.79 Å². The second kappa shape index (κ2) is 5.54. The number of nitrogens with two attached hydrogens (primary N) is 1. The van der Waals surface area contributed by atoms with Crippen LogP contribution in [0.4, 0.5) is 0 Å². The van der Waals surface area contributed by atoms with E-state index >= 15 is 0 Å². The third kappa shape index (κ3) is 3.08. The van der Waals surface area contributed by atoms with E-state index in [2.05, 4.69) is 19.1 Å². The van der Waals surface area contributed by atoms with Gasteiger partial charge >= 0.3 is 0 Å². The van der Waals surface area contributed by atoms with Crippen LogP contribution in [0.5, 0.6) is 0 Å². The molecule has 0 aromatic heterocycles. The molecule has 0 saturated carbocycles. The van der Waals surface area contributed by atoms with Crippen molar-refractivity contribution in [3.05, 3.63) is 35.9 Å². The van der Waals surface area contributed by atoms with E-state index in [0.29, 0.717) is 0 Å². The summed E-state index contributed by atoms with van der Waals surface area (Å²) in [7, 11) is 0. The predicted molar refractivity (Wildman–Crippen MR) is 62.4 cm³/mol. The summed E-state index contributed by atoms with van der Waals surface area (Å²) in [5.74, 6) is -0.0432. The molecule has 1 aromatic carbocycles. The zero-order chi connectivity index (χ0) is 11.3. The summed E-state index contributed by atoms with van der Waals surface area (Å²) in [6, 6.07) is 10.1. The zero-order valence-electron chi connectivity index (χ0n) is 9.44. The highest BCUT2D eigenvalue weighted by Crippen LogP contribution is 2.28. The summed E-state index contributed by atoms with van der Waals surface area (Å²) in [6.45, 7) is 4.04. The van der Waals surface area contributed by atoms with Crippen molar-refractivity contribution in [1.82, 2.24) is 0 Å². The molecular weight excluding hydrogens is 186 g/mol. The SMILES string of the molecule is CCC[C@H](c1ccccc1)C(C)C(N)=O. The van der Waals surface area contributed by atoms with E-state index in [4.69, 9.17) is 5.73 Å². The van der Waals surface area contributed by atoms with Crippen molar-refractivity contribution in [1.29, 1.82) is 0 Å². The lowest BCUT2D eigenvalue weighted by Crippen LogP contribution is -2.26. The van der Waals surface area contributed by atoms with Gasteiger partial charge in [-0.3, -0.25) is 4.79 Å². The van der Waals surface area contributed by atoms with Crippen LogP contribution in [0.25, 0.3) is 0 Å². The van der Waals surface area contributed by atoms with Crippen molar-refractivity contribution >= 4 is 5.91 Å². The van der Waals surface area contributed by atoms with Gasteiger partial charge in [0.2, 0.25) is 5.91 Å². The lowest BCUT2D eigenvalue weighted by molar-refractivity contribution is -0.122. The zero-order valence-corrected chi connectivity index (χ0v) is 9.44. The number of primary amides is 1. The molecular formula is C13H19NO. The van der Waals surface area contributed by atoms with Crippen LogP contribution in [0, 0.1) is 5.92 Å². The van der Waals surface area contributed by atoms with E-state index in [1.54, 1.807) is 0 Å². The van der Waals surface area contributed by atoms with Gasteiger partial charge in [-0.1, -0.05) is 50.6 Å². The first-order valence-electron chi connectivity index (χ1n) is 5.51. The Balaban J connectivity index is 2.87. The van der Waals surface area contributed by atoms with Gasteiger partial charge in [0.15, 0.2) is 0 Å². The molecule has 2 N–H and O–H groups in total. The summed E-state index contributed by atoms with van der Waals surface area (Å²) in [5.41, 5.74) is 6.58. The Labute approximate surface area is 91.5 Å². The fourth-order valence-corrected chi connectivity index (χ4v) is 1.91. The summed E-state index contributed by atoms with van der Waals surface area (Å²) in [6.07, 6.45) is 2.07. The minimum absolute atomic E-state index is 0.0904. The molecule has 15 heavy (non-hydrogen) atoms. The summed E-state index contributed by atoms with van der Waals surface area (Å²) in [4.78, 5) is 11.2. The molecule has 0 aliphatic carbocycles. The van der Waals surface area contributed by atoms with E-state index < -0.39 is 0 Å². The maximum Gasteiger partial charge on any atom is 0.220 e. The molecule has 1 unspecified atom stereocenters. The molecule has 0 saturated heterocycles. The molecule has 0 heterocycles. The second-order valence-electron chi connectivity index (χ2n) is 4.00. The highest BCUT2D eigenvalue weighted by molar-refractivity contribution is 5.77. The van der Waals surface area contributed by atoms with Gasteiger partial charge in [-0.05, 0) is 17.9 Å². The van der Waals surface area contributed by atoms with Crippen molar-refractivity contribution in [3.8, 4) is 0 Å². The molecule has 0 aliphatic heterocycles. The topological polar surface area (TPSA) is 43.1 Å². The van der Waals surface area contributed by atoms with Crippen molar-refractivity contribution in [2.24, 2.45) is 11.7 Å². The Hall–Kier alpha value is -1.31. The van der Waals surface area contributed by atoms with Crippen LogP contribution in [0.3, 0.4) is 0 Å². The van der Waals surface area contributed by atoms with Crippen LogP contribution in [-0.4, -0.2) is 5.91 Å². The van der Waals surface area contributed by atoms with Gasteiger partial charge < -0.3 is 5.73 Å². The van der Waals surface area contributed by atoms with E-state index in [1.165, 1.54) is 5.56 Å². The number of carbonyl (C=O) groups is 1. The summed E-state index contributed by atoms with van der Waals surface area (Å²) in [5, 5.41) is 0. The Kier molecular flexibility index (Phi) is 4.35. The van der Waals surface area contributed by atoms with Gasteiger partial charge in [0, 0.05) is 5.92 Å². The number of rotatable bonds is 5. The average Bonchev–Trinajstić information content (AvgIpc) is 2.26. The van der Waals surface area contributed by atoms with Crippen molar-refractivity contribution in [3.63, 3.8) is 0 Å². The van der Waals surface area contributed by atoms with Gasteiger partial charge in [-0.25, -0.2) is 0 Å². The molecule has 1 amide bonds. The fraction of sp³-hybridized carbons (Fsp3) is 0.462. The quantitative estimate of drug-likeness (QED) is 0.789. The average molecular weight is 205 g/mol. The van der Waals surface area contributed by atoms with Crippen LogP contribution >= 0.6 is 0 Å². The normalized spacial score (nSPS) is 14.5. The molecule has 0 radical (unpaired) electrons. The monoisotopic (exact) mass is 205 g/mol. The van der Waals surface area contributed by atoms with Gasteiger partial charge in [-0.15, -0.1) is 0 Å². The number of benzene rings is 1. The Morgan fingerprint density at radius 1 is 1.33 bits per heavy atom. The van der Waals surface area contributed by atoms with Crippen LogP contribution in [0.15, 0.2) is 30.3 Å². The molecule has 1 rings (SSSR count). The molecule has 1 aromatic rings. The third-order valence-corrected chi connectivity index (χ3v) is 2.88. The van der Waals surface area contributed by atoms with E-state index in [0.717, 1.165) is 12.8 Å². The largest absolute Gasteiger partial charge is 0.369 e. The van der Waals surface area contributed by atoms with Crippen molar-refractivity contribution in [2.75, 3.05) is 0 Å². The molecule has 0 aliphatic rings. The summed E-state index contributed by atoms with van der Waals surface area (Å²) >= 11 is 0. The van der Waals surface area contributed by atoms with E-state index in [-0.39, 0.29) is 17.7 Å². The Morgan fingerprint density at radius 2 is 1.93 bits per heavy atom. The van der Waals surface area contributed by atoms with Gasteiger partial charge in [0.25, 0.3) is 0 Å². The maximum atomic E-state index is 11.2. The van der Waals surface area contributed by atoms with E-state index in [9.17, 15) is 4.79 Å². The molecule has 0 fully saturated rings. The van der Waals surface area contributed by atoms with Gasteiger partial charge in [0.05, 0.1) is 0 Å². The van der Waals surface area contributed by atoms with Gasteiger partial charge in [0.1, 0.15) is 0 Å². The molecule has 0 spiro atoms. The molecule has 82 valence electrons. The molecule has 2 nitrogen and oxygen atoms in total. The minimum atomic E-state index is -0.211. The third-order valence-electron chi connectivity index (χ3n) is 2.88. The van der Waals surface area contributed by atoms with Crippen LogP contribution in [0.2, 0.25) is 0 Å². The molecule has 2 heteroatoms. The Bertz CT molecular complexity index is 308. The maximum absolute atomic E-state index is 11.2. The molecule has 2 atom stereocenters. The standard InChI is InChI=1S/C13H19NO/c1-3-7-12(10(2)13(14)15)11-8-5-4-6-9-11/h4-6,8-10,12H,3,7H2,1-2H3,(H2,14,15)/t10?,12-/m0/s1. The lowest BCUT2D eigenvalue weighted by atomic mass is 9.83. The number of hydrogen-bond acceptors (Lipinski definition) is 1. The lowest BCUT2D eigenvalue weighted by Gasteiger charge is -2.21. The predicted octanol–water partition coefficient (Wildman–Crippen LogP) is 2.69. The minimum Gasteiger partial charge on any atom is -0.369 e. The molecule has 0 bridgehead atoms. The number of hydrogen-bond donors (Lipinski definition) is 1. The van der Waals surface area contributed by atoms with Crippen molar-refractivity contribution in [2.45, 2.75) is 32.6 Å². The Morgan fingerprint density at radius 3 is 2.40 bits per heavy atom. The highest BCUT2D eigenvalue weighted by Gasteiger charge is 2.22. The first-order chi connectivity index (χ1) is 7.16.